The second-order valence-electron chi connectivity index (χ2n) is 3.07. The van der Waals surface area contributed by atoms with Gasteiger partial charge in [-0.25, -0.2) is 0 Å². The van der Waals surface area contributed by atoms with E-state index in [4.69, 9.17) is 27.9 Å². The van der Waals surface area contributed by atoms with Crippen LogP contribution in [0.25, 0.3) is 0 Å². The van der Waals surface area contributed by atoms with E-state index < -0.39 is 0 Å². The van der Waals surface area contributed by atoms with E-state index in [-0.39, 0.29) is 49.9 Å². The number of rotatable bonds is 2. The topological polar surface area (TPSA) is 119 Å². The molecule has 30 heavy (non-hydrogen) atoms. The van der Waals surface area contributed by atoms with E-state index in [9.17, 15) is 0 Å². The predicted molar refractivity (Wildman–Crippen MR) is 97.7 cm³/mol. The van der Waals surface area contributed by atoms with Gasteiger partial charge in [-0.2, -0.15) is 0 Å². The second-order valence-corrected chi connectivity index (χ2v) is 7.36. The van der Waals surface area contributed by atoms with Crippen molar-refractivity contribution >= 4 is 46.7 Å². The minimum atomic E-state index is 0. The van der Waals surface area contributed by atoms with Crippen LogP contribution >= 0.6 is 0 Å². The minimum absolute atomic E-state index is 0. The van der Waals surface area contributed by atoms with Crippen molar-refractivity contribution in [1.29, 1.82) is 0 Å². The van der Waals surface area contributed by atoms with Crippen molar-refractivity contribution in [2.45, 2.75) is 11.4 Å². The molecule has 2 aromatic carbocycles. The normalized spacial score (nSPS) is 5.27. The zero-order valence-electron chi connectivity index (χ0n) is 15.5. The average Bonchev–Trinajstić information content (AvgIpc) is 2.84. The summed E-state index contributed by atoms with van der Waals surface area (Å²) in [7, 11) is 0. The van der Waals surface area contributed by atoms with Crippen molar-refractivity contribution in [3.05, 3.63) is 101 Å². The van der Waals surface area contributed by atoms with Crippen LogP contribution in [0.3, 0.4) is 0 Å². The van der Waals surface area contributed by atoms with Crippen molar-refractivity contribution < 1.29 is 62.1 Å². The molecule has 0 spiro atoms. The Morgan fingerprint density at radius 2 is 0.733 bits per heavy atom. The van der Waals surface area contributed by atoms with Crippen molar-refractivity contribution in [3.63, 3.8) is 0 Å². The molecule has 0 unspecified atom stereocenters. The van der Waals surface area contributed by atoms with Gasteiger partial charge < -0.3 is 0 Å². The Morgan fingerprint density at radius 1 is 0.567 bits per heavy atom. The van der Waals surface area contributed by atoms with E-state index in [1.54, 1.807) is 0 Å². The first-order chi connectivity index (χ1) is 13.9. The van der Waals surface area contributed by atoms with Crippen LogP contribution < -0.4 is 8.70 Å². The van der Waals surface area contributed by atoms with Crippen molar-refractivity contribution in [2.75, 3.05) is 0 Å². The molecular formula is C20H15AsFe2O6Te. The first kappa shape index (κ1) is 51.7. The molecule has 0 aliphatic rings. The Bertz CT molecular complexity index is 546. The number of hydrogen-bond donors (Lipinski definition) is 0. The summed E-state index contributed by atoms with van der Waals surface area (Å²) >= 11 is 2.25. The fourth-order valence-corrected chi connectivity index (χ4v) is 3.13. The molecule has 0 N–H and O–H groups in total. The molecule has 0 saturated heterocycles. The zero-order valence-corrected chi connectivity index (χ0v) is 21.9. The standard InChI is InChI=1S/C12H10As.C2H5Te.6CO.2Fe/c1-3-7-11(8-4-1)13-12-9-5-2-6-10-12;1-2-3;6*1-2;;/h1-10H;2H2,1H3;;;;;;;;. The van der Waals surface area contributed by atoms with E-state index in [1.165, 1.54) is 13.2 Å². The van der Waals surface area contributed by atoms with Gasteiger partial charge in [0, 0.05) is 34.1 Å². The zero-order chi connectivity index (χ0) is 23.6. The summed E-state index contributed by atoms with van der Waals surface area (Å²) in [5, 5.41) is 0. The molecule has 2 radical (unpaired) electrons. The Labute approximate surface area is 219 Å². The van der Waals surface area contributed by atoms with Crippen LogP contribution in [-0.2, 0) is 62.1 Å². The Kier molecular flexibility index (Phi) is 121. The monoisotopic (exact) mass is 668 g/mol. The molecule has 2 rings (SSSR count). The third-order valence-electron chi connectivity index (χ3n) is 1.77. The Balaban J connectivity index is -0.0000000408. The van der Waals surface area contributed by atoms with Gasteiger partial charge in [0.1, 0.15) is 0 Å². The summed E-state index contributed by atoms with van der Waals surface area (Å²) in [5.41, 5.74) is 0. The number of benzene rings is 2. The van der Waals surface area contributed by atoms with Crippen molar-refractivity contribution in [3.8, 4) is 0 Å². The van der Waals surface area contributed by atoms with E-state index in [0.717, 1.165) is 0 Å². The van der Waals surface area contributed by atoms with E-state index in [0.29, 0.717) is 0 Å². The quantitative estimate of drug-likeness (QED) is 0.264. The first-order valence-corrected chi connectivity index (χ1v) is 10.0. The van der Waals surface area contributed by atoms with E-state index in [2.05, 4.69) is 130 Å². The molecule has 0 fully saturated rings. The Morgan fingerprint density at radius 3 is 0.900 bits per heavy atom. The second kappa shape index (κ2) is 70.5. The fourth-order valence-electron chi connectivity index (χ4n) is 1.15. The van der Waals surface area contributed by atoms with Gasteiger partial charge in [-0.15, -0.1) is 0 Å². The molecule has 0 aromatic heterocycles. The van der Waals surface area contributed by atoms with Crippen LogP contribution in [0.2, 0.25) is 4.47 Å². The maximum atomic E-state index is 7.50. The predicted octanol–water partition coefficient (Wildman–Crippen LogP) is 1.70. The molecule has 0 atom stereocenters. The summed E-state index contributed by atoms with van der Waals surface area (Å²) < 4.78 is 49.2. The third-order valence-corrected chi connectivity index (χ3v) is 4.11. The van der Waals surface area contributed by atoms with Crippen LogP contribution in [0.15, 0.2) is 60.7 Å². The molecule has 0 amide bonds. The Hall–Kier alpha value is -0.733. The molecule has 158 valence electrons. The van der Waals surface area contributed by atoms with Crippen LogP contribution in [0, 0.1) is 39.9 Å². The molecule has 0 bridgehead atoms. The van der Waals surface area contributed by atoms with Crippen molar-refractivity contribution in [2.24, 2.45) is 0 Å². The molecule has 6 nitrogen and oxygen atoms in total. The van der Waals surface area contributed by atoms with Gasteiger partial charge in [0.25, 0.3) is 0 Å². The van der Waals surface area contributed by atoms with Gasteiger partial charge >= 0.3 is 187 Å². The van der Waals surface area contributed by atoms with Gasteiger partial charge in [0.05, 0.1) is 0 Å². The van der Waals surface area contributed by atoms with Gasteiger partial charge in [-0.3, -0.25) is 0 Å². The molecule has 0 aliphatic carbocycles. The summed E-state index contributed by atoms with van der Waals surface area (Å²) in [6.07, 6.45) is 0. The summed E-state index contributed by atoms with van der Waals surface area (Å²) in [6, 6.07) is 21.4. The maximum absolute atomic E-state index is 7.50. The fraction of sp³-hybridized carbons (Fsp3) is 0.100. The molecule has 0 heterocycles. The SMILES string of the molecule is CC[Te].[C-]#[O+].[C-]#[O+].[C-]#[O+].[C-]#[O+].[C-]#[O+].[C-]#[O+].[Fe].[Fe].c1ccc([As]c2ccccc2)cc1. The van der Waals surface area contributed by atoms with Crippen LogP contribution in [-0.4, -0.2) is 38.0 Å². The summed E-state index contributed by atoms with van der Waals surface area (Å²) in [5.74, 6) is 0. The van der Waals surface area contributed by atoms with E-state index in [1.807, 2.05) is 0 Å². The molecule has 0 aliphatic heterocycles. The van der Waals surface area contributed by atoms with Gasteiger partial charge in [-0.1, -0.05) is 0 Å². The third kappa shape index (κ3) is 50.7. The van der Waals surface area contributed by atoms with Crippen molar-refractivity contribution in [1.82, 2.24) is 0 Å². The van der Waals surface area contributed by atoms with Crippen LogP contribution in [0.4, 0.5) is 0 Å². The van der Waals surface area contributed by atoms with Gasteiger partial charge in [-0.05, 0) is 0 Å². The van der Waals surface area contributed by atoms with Crippen LogP contribution in [0.5, 0.6) is 0 Å². The van der Waals surface area contributed by atoms with Gasteiger partial charge in [0.15, 0.2) is 0 Å². The van der Waals surface area contributed by atoms with Gasteiger partial charge in [0.2, 0.25) is 0 Å². The first-order valence-electron chi connectivity index (χ1n) is 6.49. The van der Waals surface area contributed by atoms with E-state index >= 15 is 0 Å². The molecule has 0 saturated carbocycles. The average molecular weight is 666 g/mol. The molecule has 2 aromatic rings. The summed E-state index contributed by atoms with van der Waals surface area (Å²) in [6.45, 7) is 29.1. The molecule has 10 heteroatoms. The van der Waals surface area contributed by atoms with Crippen LogP contribution in [0.1, 0.15) is 6.92 Å². The summed E-state index contributed by atoms with van der Waals surface area (Å²) in [4.78, 5) is 0. The number of hydrogen-bond acceptors (Lipinski definition) is 0. The molecular weight excluding hydrogens is 650 g/mol.